The Balaban J connectivity index is 2.25. The highest BCUT2D eigenvalue weighted by Gasteiger charge is 2.12. The molecule has 6 heteroatoms. The van der Waals surface area contributed by atoms with E-state index in [0.717, 1.165) is 12.1 Å². The largest absolute Gasteiger partial charge is 0.506 e. The minimum atomic E-state index is -0.765. The van der Waals surface area contributed by atoms with E-state index < -0.39 is 11.7 Å². The second-order valence-electron chi connectivity index (χ2n) is 3.47. The maximum atomic E-state index is 13.5. The summed E-state index contributed by atoms with van der Waals surface area (Å²) in [6.07, 6.45) is 2.91. The van der Waals surface area contributed by atoms with Gasteiger partial charge in [-0.3, -0.25) is 9.78 Å². The van der Waals surface area contributed by atoms with Gasteiger partial charge in [0.05, 0.1) is 10.7 Å². The summed E-state index contributed by atoms with van der Waals surface area (Å²) in [6.45, 7) is 0. The summed E-state index contributed by atoms with van der Waals surface area (Å²) in [5.74, 6) is -1.63. The molecule has 1 heterocycles. The third kappa shape index (κ3) is 2.57. The summed E-state index contributed by atoms with van der Waals surface area (Å²) < 4.78 is 13.5. The number of amides is 1. The highest BCUT2D eigenvalue weighted by molar-refractivity contribution is 6.32. The molecule has 0 aliphatic heterocycles. The molecule has 0 unspecified atom stereocenters. The molecule has 1 aromatic carbocycles. The predicted octanol–water partition coefficient (Wildman–Crippen LogP) is 2.83. The lowest BCUT2D eigenvalue weighted by Crippen LogP contribution is -2.12. The second kappa shape index (κ2) is 5.01. The van der Waals surface area contributed by atoms with Crippen LogP contribution in [0, 0.1) is 5.82 Å². The van der Waals surface area contributed by atoms with Crippen molar-refractivity contribution >= 4 is 23.2 Å². The van der Waals surface area contributed by atoms with Crippen LogP contribution in [0.2, 0.25) is 5.02 Å². The summed E-state index contributed by atoms with van der Waals surface area (Å²) in [4.78, 5) is 15.5. The number of pyridine rings is 1. The number of hydrogen-bond acceptors (Lipinski definition) is 3. The lowest BCUT2D eigenvalue weighted by atomic mass is 10.2. The van der Waals surface area contributed by atoms with E-state index >= 15 is 0 Å². The van der Waals surface area contributed by atoms with Crippen LogP contribution in [-0.2, 0) is 0 Å². The summed E-state index contributed by atoms with van der Waals surface area (Å²) in [6, 6.07) is 4.97. The standard InChI is InChI=1S/C12H8ClFN2O2/c13-8-5-10(9(14)6-11(8)17)16-12(18)7-1-3-15-4-2-7/h1-6,17H,(H,16,18). The van der Waals surface area contributed by atoms with Crippen molar-refractivity contribution in [1.82, 2.24) is 4.98 Å². The van der Waals surface area contributed by atoms with Gasteiger partial charge in [-0.05, 0) is 18.2 Å². The molecule has 0 bridgehead atoms. The lowest BCUT2D eigenvalue weighted by molar-refractivity contribution is 0.102. The molecular formula is C12H8ClFN2O2. The Hall–Kier alpha value is -2.14. The van der Waals surface area contributed by atoms with E-state index in [-0.39, 0.29) is 16.5 Å². The predicted molar refractivity (Wildman–Crippen MR) is 65.3 cm³/mol. The SMILES string of the molecule is O=C(Nc1cc(Cl)c(O)cc1F)c1ccncc1. The van der Waals surface area contributed by atoms with Crippen LogP contribution in [0.4, 0.5) is 10.1 Å². The Bertz CT molecular complexity index is 590. The fourth-order valence-corrected chi connectivity index (χ4v) is 1.49. The molecule has 0 atom stereocenters. The summed E-state index contributed by atoms with van der Waals surface area (Å²) in [5.41, 5.74) is 0.244. The third-order valence-corrected chi connectivity index (χ3v) is 2.53. The Kier molecular flexibility index (Phi) is 3.43. The molecule has 0 saturated carbocycles. The van der Waals surface area contributed by atoms with Crippen molar-refractivity contribution in [2.24, 2.45) is 0 Å². The zero-order valence-corrected chi connectivity index (χ0v) is 9.78. The maximum absolute atomic E-state index is 13.5. The first-order valence-corrected chi connectivity index (χ1v) is 5.35. The summed E-state index contributed by atoms with van der Waals surface area (Å²) >= 11 is 5.64. The molecule has 0 aliphatic rings. The van der Waals surface area contributed by atoms with Crippen molar-refractivity contribution in [3.05, 3.63) is 53.1 Å². The van der Waals surface area contributed by atoms with Gasteiger partial charge in [-0.25, -0.2) is 4.39 Å². The number of carbonyl (C=O) groups is 1. The van der Waals surface area contributed by atoms with E-state index in [1.54, 1.807) is 0 Å². The number of phenols is 1. The highest BCUT2D eigenvalue weighted by atomic mass is 35.5. The fourth-order valence-electron chi connectivity index (χ4n) is 1.33. The number of aromatic hydroxyl groups is 1. The van der Waals surface area contributed by atoms with Crippen molar-refractivity contribution in [3.8, 4) is 5.75 Å². The Labute approximate surface area is 107 Å². The molecule has 2 rings (SSSR count). The van der Waals surface area contributed by atoms with Crippen LogP contribution in [-0.4, -0.2) is 16.0 Å². The Morgan fingerprint density at radius 1 is 1.33 bits per heavy atom. The number of anilines is 1. The van der Waals surface area contributed by atoms with E-state index in [1.165, 1.54) is 24.5 Å². The third-order valence-electron chi connectivity index (χ3n) is 2.23. The molecule has 0 spiro atoms. The number of phenolic OH excluding ortho intramolecular Hbond substituents is 1. The fraction of sp³-hybridized carbons (Fsp3) is 0. The Morgan fingerprint density at radius 2 is 2.00 bits per heavy atom. The van der Waals surface area contributed by atoms with Crippen LogP contribution in [0.1, 0.15) is 10.4 Å². The Morgan fingerprint density at radius 3 is 2.67 bits per heavy atom. The minimum Gasteiger partial charge on any atom is -0.506 e. The number of nitrogens with zero attached hydrogens (tertiary/aromatic N) is 1. The molecule has 0 fully saturated rings. The first kappa shape index (κ1) is 12.3. The molecule has 2 aromatic rings. The smallest absolute Gasteiger partial charge is 0.255 e. The van der Waals surface area contributed by atoms with Gasteiger partial charge in [0, 0.05) is 24.0 Å². The molecule has 0 saturated heterocycles. The zero-order chi connectivity index (χ0) is 13.1. The van der Waals surface area contributed by atoms with Crippen LogP contribution in [0.15, 0.2) is 36.7 Å². The minimum absolute atomic E-state index is 0.0403. The van der Waals surface area contributed by atoms with Gasteiger partial charge in [-0.15, -0.1) is 0 Å². The molecule has 4 nitrogen and oxygen atoms in total. The van der Waals surface area contributed by atoms with Crippen LogP contribution < -0.4 is 5.32 Å². The van der Waals surface area contributed by atoms with Gasteiger partial charge in [0.15, 0.2) is 5.82 Å². The van der Waals surface area contributed by atoms with Gasteiger partial charge < -0.3 is 10.4 Å². The molecule has 18 heavy (non-hydrogen) atoms. The molecule has 0 aliphatic carbocycles. The number of carbonyl (C=O) groups excluding carboxylic acids is 1. The average Bonchev–Trinajstić information content (AvgIpc) is 2.37. The van der Waals surface area contributed by atoms with Gasteiger partial charge in [0.25, 0.3) is 5.91 Å². The van der Waals surface area contributed by atoms with Crippen LogP contribution in [0.3, 0.4) is 0 Å². The number of halogens is 2. The van der Waals surface area contributed by atoms with E-state index in [2.05, 4.69) is 10.3 Å². The summed E-state index contributed by atoms with van der Waals surface area (Å²) in [5, 5.41) is 11.5. The first-order chi connectivity index (χ1) is 8.58. The highest BCUT2D eigenvalue weighted by Crippen LogP contribution is 2.29. The quantitative estimate of drug-likeness (QED) is 0.822. The van der Waals surface area contributed by atoms with Crippen LogP contribution >= 0.6 is 11.6 Å². The molecule has 1 amide bonds. The molecular weight excluding hydrogens is 259 g/mol. The van der Waals surface area contributed by atoms with Gasteiger partial charge in [0.1, 0.15) is 5.75 Å². The normalized spacial score (nSPS) is 10.1. The van der Waals surface area contributed by atoms with E-state index in [0.29, 0.717) is 5.56 Å². The van der Waals surface area contributed by atoms with Crippen LogP contribution in [0.5, 0.6) is 5.75 Å². The maximum Gasteiger partial charge on any atom is 0.255 e. The van der Waals surface area contributed by atoms with Crippen molar-refractivity contribution in [3.63, 3.8) is 0 Å². The summed E-state index contributed by atoms with van der Waals surface area (Å²) in [7, 11) is 0. The number of hydrogen-bond donors (Lipinski definition) is 2. The molecule has 0 radical (unpaired) electrons. The van der Waals surface area contributed by atoms with Gasteiger partial charge in [-0.1, -0.05) is 11.6 Å². The molecule has 1 aromatic heterocycles. The number of benzene rings is 1. The van der Waals surface area contributed by atoms with Gasteiger partial charge in [-0.2, -0.15) is 0 Å². The molecule has 92 valence electrons. The first-order valence-electron chi connectivity index (χ1n) is 4.97. The topological polar surface area (TPSA) is 62.2 Å². The van der Waals surface area contributed by atoms with E-state index in [4.69, 9.17) is 11.6 Å². The van der Waals surface area contributed by atoms with Gasteiger partial charge in [0.2, 0.25) is 0 Å². The number of rotatable bonds is 2. The number of nitrogens with one attached hydrogen (secondary N) is 1. The molecule has 2 N–H and O–H groups in total. The zero-order valence-electron chi connectivity index (χ0n) is 9.02. The van der Waals surface area contributed by atoms with Crippen molar-refractivity contribution in [1.29, 1.82) is 0 Å². The average molecular weight is 267 g/mol. The van der Waals surface area contributed by atoms with E-state index in [1.807, 2.05) is 0 Å². The monoisotopic (exact) mass is 266 g/mol. The van der Waals surface area contributed by atoms with Crippen molar-refractivity contribution < 1.29 is 14.3 Å². The van der Waals surface area contributed by atoms with Crippen molar-refractivity contribution in [2.75, 3.05) is 5.32 Å². The van der Waals surface area contributed by atoms with Crippen molar-refractivity contribution in [2.45, 2.75) is 0 Å². The lowest BCUT2D eigenvalue weighted by Gasteiger charge is -2.07. The number of aromatic nitrogens is 1. The second-order valence-corrected chi connectivity index (χ2v) is 3.88. The van der Waals surface area contributed by atoms with Crippen LogP contribution in [0.25, 0.3) is 0 Å². The van der Waals surface area contributed by atoms with E-state index in [9.17, 15) is 14.3 Å². The van der Waals surface area contributed by atoms with Gasteiger partial charge >= 0.3 is 0 Å².